The van der Waals surface area contributed by atoms with E-state index in [1.165, 1.54) is 5.12 Å². The number of hydrogen-bond acceptors (Lipinski definition) is 4. The summed E-state index contributed by atoms with van der Waals surface area (Å²) in [6, 6.07) is 8.17. The minimum absolute atomic E-state index is 0.560. The highest BCUT2D eigenvalue weighted by atomic mass is 15.7. The van der Waals surface area contributed by atoms with Gasteiger partial charge in [-0.05, 0) is 18.9 Å². The van der Waals surface area contributed by atoms with Crippen molar-refractivity contribution < 1.29 is 0 Å². The number of imidazole rings is 1. The minimum Gasteiger partial charge on any atom is -0.326 e. The Morgan fingerprint density at radius 3 is 2.79 bits per heavy atom. The number of anilines is 2. The van der Waals surface area contributed by atoms with Crippen molar-refractivity contribution in [3.05, 3.63) is 30.1 Å². The van der Waals surface area contributed by atoms with E-state index in [9.17, 15) is 0 Å². The first kappa shape index (κ1) is 12.0. The standard InChI is InChI=1S/C14H19N5/c1-9(2)8-18-10(3)16-14-13(18)11-6-4-5-7-12(11)17-19(14)15/h4-7,9,17H,8,15H2,1-3H3. The molecule has 0 radical (unpaired) electrons. The molecule has 100 valence electrons. The predicted molar refractivity (Wildman–Crippen MR) is 77.5 cm³/mol. The van der Waals surface area contributed by atoms with Crippen molar-refractivity contribution in [3.8, 4) is 11.3 Å². The fourth-order valence-corrected chi connectivity index (χ4v) is 2.54. The molecule has 2 heterocycles. The molecule has 1 aromatic carbocycles. The summed E-state index contributed by atoms with van der Waals surface area (Å²) in [5, 5.41) is 1.50. The van der Waals surface area contributed by atoms with Gasteiger partial charge < -0.3 is 4.57 Å². The summed E-state index contributed by atoms with van der Waals surface area (Å²) >= 11 is 0. The average molecular weight is 257 g/mol. The maximum absolute atomic E-state index is 6.02. The molecule has 19 heavy (non-hydrogen) atoms. The maximum Gasteiger partial charge on any atom is 0.190 e. The summed E-state index contributed by atoms with van der Waals surface area (Å²) in [6.45, 7) is 7.38. The van der Waals surface area contributed by atoms with Gasteiger partial charge in [0.1, 0.15) is 5.82 Å². The van der Waals surface area contributed by atoms with Crippen molar-refractivity contribution in [1.29, 1.82) is 0 Å². The number of nitrogens with two attached hydrogens (primary N) is 1. The molecule has 1 aromatic heterocycles. The highest BCUT2D eigenvalue weighted by Crippen LogP contribution is 2.39. The van der Waals surface area contributed by atoms with Crippen molar-refractivity contribution in [1.82, 2.24) is 9.55 Å². The van der Waals surface area contributed by atoms with Crippen LogP contribution in [0.25, 0.3) is 11.3 Å². The number of fused-ring (bicyclic) bond motifs is 3. The fourth-order valence-electron chi connectivity index (χ4n) is 2.54. The number of nitrogens with one attached hydrogen (secondary N) is 1. The van der Waals surface area contributed by atoms with Crippen LogP contribution in [0.4, 0.5) is 11.5 Å². The number of nitrogens with zero attached hydrogens (tertiary/aromatic N) is 3. The Bertz CT molecular complexity index is 614. The Morgan fingerprint density at radius 2 is 2.05 bits per heavy atom. The first-order valence-electron chi connectivity index (χ1n) is 6.56. The summed E-state index contributed by atoms with van der Waals surface area (Å²) in [6.07, 6.45) is 0. The van der Waals surface area contributed by atoms with Crippen LogP contribution in [0.15, 0.2) is 24.3 Å². The van der Waals surface area contributed by atoms with Crippen LogP contribution < -0.4 is 16.4 Å². The lowest BCUT2D eigenvalue weighted by Gasteiger charge is -2.27. The van der Waals surface area contributed by atoms with Crippen LogP contribution in [-0.4, -0.2) is 9.55 Å². The Hall–Kier alpha value is -2.01. The van der Waals surface area contributed by atoms with Crippen LogP contribution in [0.5, 0.6) is 0 Å². The average Bonchev–Trinajstić information content (AvgIpc) is 2.68. The minimum atomic E-state index is 0.560. The van der Waals surface area contributed by atoms with Crippen LogP contribution in [0, 0.1) is 12.8 Å². The van der Waals surface area contributed by atoms with Gasteiger partial charge in [-0.25, -0.2) is 15.9 Å². The van der Waals surface area contributed by atoms with Crippen molar-refractivity contribution in [3.63, 3.8) is 0 Å². The SMILES string of the molecule is Cc1nc2c(n1CC(C)C)-c1ccccc1NN2N. The number of hydrogen-bond donors (Lipinski definition) is 2. The second-order valence-electron chi connectivity index (χ2n) is 5.36. The lowest BCUT2D eigenvalue weighted by atomic mass is 10.1. The highest BCUT2D eigenvalue weighted by Gasteiger charge is 2.26. The van der Waals surface area contributed by atoms with Crippen LogP contribution in [0.1, 0.15) is 19.7 Å². The lowest BCUT2D eigenvalue weighted by Crippen LogP contribution is -2.39. The van der Waals surface area contributed by atoms with Crippen molar-refractivity contribution >= 4 is 11.5 Å². The van der Waals surface area contributed by atoms with Gasteiger partial charge in [-0.2, -0.15) is 0 Å². The van der Waals surface area contributed by atoms with E-state index in [1.807, 2.05) is 25.1 Å². The first-order chi connectivity index (χ1) is 9.08. The number of hydrazine groups is 2. The van der Waals surface area contributed by atoms with E-state index < -0.39 is 0 Å². The molecule has 2 aromatic rings. The highest BCUT2D eigenvalue weighted by molar-refractivity contribution is 5.87. The second-order valence-corrected chi connectivity index (χ2v) is 5.36. The Morgan fingerprint density at radius 1 is 1.32 bits per heavy atom. The lowest BCUT2D eigenvalue weighted by molar-refractivity contribution is 0.517. The molecule has 0 saturated heterocycles. The van der Waals surface area contributed by atoms with E-state index in [0.29, 0.717) is 5.92 Å². The Kier molecular flexibility index (Phi) is 2.71. The maximum atomic E-state index is 6.02. The molecular formula is C14H19N5. The van der Waals surface area contributed by atoms with Crippen LogP contribution in [-0.2, 0) is 6.54 Å². The molecule has 1 aliphatic heterocycles. The second kappa shape index (κ2) is 4.28. The molecule has 0 spiro atoms. The largest absolute Gasteiger partial charge is 0.326 e. The van der Waals surface area contributed by atoms with Gasteiger partial charge in [-0.15, -0.1) is 0 Å². The molecule has 0 amide bonds. The molecule has 0 saturated carbocycles. The monoisotopic (exact) mass is 257 g/mol. The normalized spacial score (nSPS) is 13.2. The molecular weight excluding hydrogens is 238 g/mol. The van der Waals surface area contributed by atoms with Crippen molar-refractivity contribution in [2.75, 3.05) is 10.5 Å². The zero-order chi connectivity index (χ0) is 13.6. The first-order valence-corrected chi connectivity index (χ1v) is 6.56. The van der Waals surface area contributed by atoms with Gasteiger partial charge in [0.25, 0.3) is 0 Å². The van der Waals surface area contributed by atoms with Crippen LogP contribution in [0.2, 0.25) is 0 Å². The molecule has 0 aliphatic carbocycles. The molecule has 0 atom stereocenters. The van der Waals surface area contributed by atoms with Gasteiger partial charge in [0.05, 0.1) is 11.4 Å². The third-order valence-corrected chi connectivity index (χ3v) is 3.34. The van der Waals surface area contributed by atoms with Crippen LogP contribution in [0.3, 0.4) is 0 Å². The van der Waals surface area contributed by atoms with E-state index in [0.717, 1.165) is 35.1 Å². The zero-order valence-electron chi connectivity index (χ0n) is 11.5. The summed E-state index contributed by atoms with van der Waals surface area (Å²) in [5.41, 5.74) is 6.41. The zero-order valence-corrected chi connectivity index (χ0v) is 11.5. The van der Waals surface area contributed by atoms with Gasteiger partial charge in [0.15, 0.2) is 5.82 Å². The van der Waals surface area contributed by atoms with Gasteiger partial charge in [0, 0.05) is 12.1 Å². The summed E-state index contributed by atoms with van der Waals surface area (Å²) in [5.74, 6) is 8.36. The molecule has 5 nitrogen and oxygen atoms in total. The molecule has 3 N–H and O–H groups in total. The van der Waals surface area contributed by atoms with Gasteiger partial charge in [0.2, 0.25) is 0 Å². The van der Waals surface area contributed by atoms with Crippen molar-refractivity contribution in [2.45, 2.75) is 27.3 Å². The predicted octanol–water partition coefficient (Wildman–Crippen LogP) is 2.54. The Labute approximate surface area is 113 Å². The number of aryl methyl sites for hydroxylation is 1. The summed E-state index contributed by atoms with van der Waals surface area (Å²) < 4.78 is 2.25. The quantitative estimate of drug-likeness (QED) is 0.812. The Balaban J connectivity index is 2.22. The van der Waals surface area contributed by atoms with E-state index in [1.54, 1.807) is 0 Å². The number of para-hydroxylation sites is 1. The van der Waals surface area contributed by atoms with Gasteiger partial charge >= 0.3 is 0 Å². The molecule has 5 heteroatoms. The smallest absolute Gasteiger partial charge is 0.190 e. The molecule has 0 unspecified atom stereocenters. The third kappa shape index (κ3) is 1.86. The molecule has 3 rings (SSSR count). The molecule has 0 bridgehead atoms. The molecule has 1 aliphatic rings. The fraction of sp³-hybridized carbons (Fsp3) is 0.357. The number of aromatic nitrogens is 2. The third-order valence-electron chi connectivity index (χ3n) is 3.34. The van der Waals surface area contributed by atoms with E-state index in [2.05, 4.69) is 34.9 Å². The van der Waals surface area contributed by atoms with Crippen LogP contribution >= 0.6 is 0 Å². The molecule has 0 fully saturated rings. The van der Waals surface area contributed by atoms with Crippen molar-refractivity contribution in [2.24, 2.45) is 11.8 Å². The topological polar surface area (TPSA) is 59.1 Å². The number of rotatable bonds is 2. The van der Waals surface area contributed by atoms with E-state index >= 15 is 0 Å². The number of benzene rings is 1. The van der Waals surface area contributed by atoms with E-state index in [4.69, 9.17) is 5.84 Å². The summed E-state index contributed by atoms with van der Waals surface area (Å²) in [7, 11) is 0. The van der Waals surface area contributed by atoms with E-state index in [-0.39, 0.29) is 0 Å². The van der Waals surface area contributed by atoms with Gasteiger partial charge in [-0.1, -0.05) is 32.0 Å². The summed E-state index contributed by atoms with van der Waals surface area (Å²) in [4.78, 5) is 4.59. The van der Waals surface area contributed by atoms with Gasteiger partial charge in [-0.3, -0.25) is 5.43 Å².